The first kappa shape index (κ1) is 13.8. The van der Waals surface area contributed by atoms with Crippen molar-refractivity contribution in [3.05, 3.63) is 59.2 Å². The molecule has 21 heavy (non-hydrogen) atoms. The van der Waals surface area contributed by atoms with Gasteiger partial charge < -0.3 is 15.2 Å². The maximum Gasteiger partial charge on any atom is 0.159 e. The number of fused-ring (bicyclic) bond motifs is 1. The molecule has 5 heteroatoms. The van der Waals surface area contributed by atoms with Crippen LogP contribution in [0.1, 0.15) is 29.7 Å². The zero-order valence-corrected chi connectivity index (χ0v) is 11.5. The van der Waals surface area contributed by atoms with E-state index in [0.29, 0.717) is 23.5 Å². The van der Waals surface area contributed by atoms with Crippen LogP contribution in [0.15, 0.2) is 36.4 Å². The molecular weight excluding hydrogens is 276 g/mol. The zero-order valence-electron chi connectivity index (χ0n) is 11.5. The second-order valence-corrected chi connectivity index (χ2v) is 5.03. The fraction of sp³-hybridized carbons (Fsp3) is 0.250. The molecule has 1 aliphatic heterocycles. The molecule has 2 unspecified atom stereocenters. The van der Waals surface area contributed by atoms with Crippen LogP contribution in [0.5, 0.6) is 11.5 Å². The highest BCUT2D eigenvalue weighted by atomic mass is 19.2. The van der Waals surface area contributed by atoms with E-state index in [9.17, 15) is 8.78 Å². The average Bonchev–Trinajstić information content (AvgIpc) is 2.49. The Morgan fingerprint density at radius 3 is 2.67 bits per heavy atom. The first-order valence-electron chi connectivity index (χ1n) is 6.63. The summed E-state index contributed by atoms with van der Waals surface area (Å²) >= 11 is 0. The van der Waals surface area contributed by atoms with Gasteiger partial charge >= 0.3 is 0 Å². The zero-order chi connectivity index (χ0) is 15.0. The van der Waals surface area contributed by atoms with Gasteiger partial charge in [0.1, 0.15) is 17.6 Å². The maximum atomic E-state index is 13.4. The van der Waals surface area contributed by atoms with E-state index < -0.39 is 17.7 Å². The summed E-state index contributed by atoms with van der Waals surface area (Å²) in [5, 5.41) is 0. The Labute approximate surface area is 121 Å². The fourth-order valence-electron chi connectivity index (χ4n) is 2.53. The van der Waals surface area contributed by atoms with Gasteiger partial charge in [-0.25, -0.2) is 8.78 Å². The van der Waals surface area contributed by atoms with Gasteiger partial charge in [-0.1, -0.05) is 12.1 Å². The molecule has 110 valence electrons. The fourth-order valence-corrected chi connectivity index (χ4v) is 2.53. The molecule has 0 saturated heterocycles. The largest absolute Gasteiger partial charge is 0.497 e. The number of ether oxygens (including phenoxy) is 2. The molecule has 3 nitrogen and oxygen atoms in total. The topological polar surface area (TPSA) is 44.5 Å². The third kappa shape index (κ3) is 2.56. The van der Waals surface area contributed by atoms with Crippen LogP contribution in [-0.4, -0.2) is 7.11 Å². The van der Waals surface area contributed by atoms with E-state index in [1.807, 2.05) is 12.1 Å². The molecule has 0 fully saturated rings. The van der Waals surface area contributed by atoms with Crippen molar-refractivity contribution in [3.8, 4) is 11.5 Å². The van der Waals surface area contributed by atoms with Crippen molar-refractivity contribution in [3.63, 3.8) is 0 Å². The van der Waals surface area contributed by atoms with Crippen LogP contribution < -0.4 is 15.2 Å². The molecule has 1 heterocycles. The van der Waals surface area contributed by atoms with E-state index in [4.69, 9.17) is 15.2 Å². The molecule has 0 bridgehead atoms. The predicted octanol–water partition coefficient (Wildman–Crippen LogP) is 3.50. The molecule has 2 aromatic carbocycles. The van der Waals surface area contributed by atoms with Crippen LogP contribution in [0, 0.1) is 11.6 Å². The number of hydrogen-bond acceptors (Lipinski definition) is 3. The Hall–Kier alpha value is -2.14. The number of methoxy groups -OCH3 is 1. The Kier molecular flexibility index (Phi) is 3.51. The lowest BCUT2D eigenvalue weighted by Crippen LogP contribution is -2.24. The standard InChI is InChI=1S/C16H15F2NO2/c1-20-10-3-4-11-14(19)8-15(21-16(11)7-10)9-2-5-12(17)13(18)6-9/h2-7,14-15H,8,19H2,1H3. The molecular formula is C16H15F2NO2. The third-order valence-electron chi connectivity index (χ3n) is 3.67. The lowest BCUT2D eigenvalue weighted by molar-refractivity contribution is 0.160. The summed E-state index contributed by atoms with van der Waals surface area (Å²) in [6.45, 7) is 0. The van der Waals surface area contributed by atoms with Crippen molar-refractivity contribution in [1.29, 1.82) is 0 Å². The summed E-state index contributed by atoms with van der Waals surface area (Å²) in [6, 6.07) is 8.97. The summed E-state index contributed by atoms with van der Waals surface area (Å²) in [4.78, 5) is 0. The average molecular weight is 291 g/mol. The third-order valence-corrected chi connectivity index (χ3v) is 3.67. The first-order valence-corrected chi connectivity index (χ1v) is 6.63. The lowest BCUT2D eigenvalue weighted by atomic mass is 9.93. The van der Waals surface area contributed by atoms with Crippen molar-refractivity contribution >= 4 is 0 Å². The van der Waals surface area contributed by atoms with Gasteiger partial charge in [-0.2, -0.15) is 0 Å². The first-order chi connectivity index (χ1) is 10.1. The van der Waals surface area contributed by atoms with Crippen LogP contribution in [0.2, 0.25) is 0 Å². The van der Waals surface area contributed by atoms with Crippen molar-refractivity contribution in [2.75, 3.05) is 7.11 Å². The minimum atomic E-state index is -0.888. The highest BCUT2D eigenvalue weighted by Crippen LogP contribution is 2.41. The molecule has 0 aliphatic carbocycles. The smallest absolute Gasteiger partial charge is 0.159 e. The number of benzene rings is 2. The van der Waals surface area contributed by atoms with Crippen molar-refractivity contribution in [2.24, 2.45) is 5.73 Å². The Morgan fingerprint density at radius 1 is 1.14 bits per heavy atom. The summed E-state index contributed by atoms with van der Waals surface area (Å²) in [6.07, 6.45) is 0.0967. The SMILES string of the molecule is COc1ccc2c(c1)OC(c1ccc(F)c(F)c1)CC2N. The molecule has 3 rings (SSSR count). The lowest BCUT2D eigenvalue weighted by Gasteiger charge is -2.30. The van der Waals surface area contributed by atoms with Crippen molar-refractivity contribution < 1.29 is 18.3 Å². The van der Waals surface area contributed by atoms with Crippen LogP contribution in [-0.2, 0) is 0 Å². The second-order valence-electron chi connectivity index (χ2n) is 5.03. The Balaban J connectivity index is 1.94. The van der Waals surface area contributed by atoms with Gasteiger partial charge in [-0.3, -0.25) is 0 Å². The minimum Gasteiger partial charge on any atom is -0.497 e. The molecule has 0 amide bonds. The quantitative estimate of drug-likeness (QED) is 0.921. The molecule has 1 aliphatic rings. The summed E-state index contributed by atoms with van der Waals surface area (Å²) in [5.41, 5.74) is 7.60. The molecule has 0 radical (unpaired) electrons. The van der Waals surface area contributed by atoms with Crippen LogP contribution in [0.25, 0.3) is 0 Å². The normalized spacial score (nSPS) is 20.6. The van der Waals surface area contributed by atoms with Gasteiger partial charge in [0, 0.05) is 24.1 Å². The van der Waals surface area contributed by atoms with E-state index in [0.717, 1.165) is 17.7 Å². The van der Waals surface area contributed by atoms with E-state index in [1.54, 1.807) is 13.2 Å². The minimum absolute atomic E-state index is 0.224. The monoisotopic (exact) mass is 291 g/mol. The summed E-state index contributed by atoms with van der Waals surface area (Å²) in [5.74, 6) is -0.489. The molecule has 0 saturated carbocycles. The van der Waals surface area contributed by atoms with Crippen LogP contribution >= 0.6 is 0 Å². The van der Waals surface area contributed by atoms with Crippen LogP contribution in [0.3, 0.4) is 0 Å². The van der Waals surface area contributed by atoms with Crippen molar-refractivity contribution in [1.82, 2.24) is 0 Å². The highest BCUT2D eigenvalue weighted by molar-refractivity contribution is 5.44. The highest BCUT2D eigenvalue weighted by Gasteiger charge is 2.28. The number of hydrogen-bond donors (Lipinski definition) is 1. The van der Waals surface area contributed by atoms with Gasteiger partial charge in [0.2, 0.25) is 0 Å². The molecule has 2 atom stereocenters. The second kappa shape index (κ2) is 5.33. The van der Waals surface area contributed by atoms with Gasteiger partial charge in [0.25, 0.3) is 0 Å². The van der Waals surface area contributed by atoms with Gasteiger partial charge in [-0.15, -0.1) is 0 Å². The van der Waals surface area contributed by atoms with E-state index in [2.05, 4.69) is 0 Å². The number of halogens is 2. The van der Waals surface area contributed by atoms with Crippen molar-refractivity contribution in [2.45, 2.75) is 18.6 Å². The van der Waals surface area contributed by atoms with Gasteiger partial charge in [0.05, 0.1) is 7.11 Å². The van der Waals surface area contributed by atoms with Gasteiger partial charge in [0.15, 0.2) is 11.6 Å². The number of rotatable bonds is 2. The van der Waals surface area contributed by atoms with E-state index >= 15 is 0 Å². The van der Waals surface area contributed by atoms with Crippen LogP contribution in [0.4, 0.5) is 8.78 Å². The summed E-state index contributed by atoms with van der Waals surface area (Å²) in [7, 11) is 1.57. The summed E-state index contributed by atoms with van der Waals surface area (Å²) < 4.78 is 37.4. The van der Waals surface area contributed by atoms with E-state index in [1.165, 1.54) is 6.07 Å². The molecule has 2 N–H and O–H groups in total. The molecule has 2 aromatic rings. The predicted molar refractivity (Wildman–Crippen MR) is 74.3 cm³/mol. The maximum absolute atomic E-state index is 13.4. The molecule has 0 aromatic heterocycles. The van der Waals surface area contributed by atoms with Gasteiger partial charge in [-0.05, 0) is 23.8 Å². The number of nitrogens with two attached hydrogens (primary N) is 1. The Morgan fingerprint density at radius 2 is 1.95 bits per heavy atom. The Bertz CT molecular complexity index is 675. The molecule has 0 spiro atoms. The van der Waals surface area contributed by atoms with E-state index in [-0.39, 0.29) is 6.04 Å².